The first-order chi connectivity index (χ1) is 17.4. The number of methoxy groups -OCH3 is 1. The third-order valence-electron chi connectivity index (χ3n) is 7.32. The first kappa shape index (κ1) is 26.2. The Morgan fingerprint density at radius 1 is 1.11 bits per heavy atom. The maximum absolute atomic E-state index is 13.4. The smallest absolute Gasteiger partial charge is 0.257 e. The first-order valence-corrected chi connectivity index (χ1v) is 13.0. The van der Waals surface area contributed by atoms with Crippen molar-refractivity contribution in [3.8, 4) is 5.75 Å². The molecule has 2 aromatic rings. The van der Waals surface area contributed by atoms with E-state index in [0.29, 0.717) is 30.2 Å². The molecule has 1 aliphatic heterocycles. The molecule has 0 bridgehead atoms. The predicted octanol–water partition coefficient (Wildman–Crippen LogP) is 4.08. The van der Waals surface area contributed by atoms with Gasteiger partial charge in [0.15, 0.2) is 0 Å². The minimum atomic E-state index is -0.117. The Hall–Kier alpha value is -2.90. The number of anilines is 1. The summed E-state index contributed by atoms with van der Waals surface area (Å²) < 4.78 is 12.1. The second kappa shape index (κ2) is 11.9. The van der Waals surface area contributed by atoms with Crippen LogP contribution in [0.2, 0.25) is 0 Å². The molecular weight excluding hydrogens is 454 g/mol. The molecule has 2 aromatic carbocycles. The number of nitrogens with one attached hydrogen (secondary N) is 1. The van der Waals surface area contributed by atoms with Crippen LogP contribution in [0, 0.1) is 11.8 Å². The van der Waals surface area contributed by atoms with Crippen molar-refractivity contribution in [1.82, 2.24) is 9.80 Å². The zero-order valence-corrected chi connectivity index (χ0v) is 21.9. The Bertz CT molecular complexity index is 1040. The van der Waals surface area contributed by atoms with E-state index in [1.807, 2.05) is 6.07 Å². The summed E-state index contributed by atoms with van der Waals surface area (Å²) >= 11 is 0. The average molecular weight is 494 g/mol. The van der Waals surface area contributed by atoms with Gasteiger partial charge in [0.1, 0.15) is 12.4 Å². The number of ether oxygens (including phenoxy) is 2. The van der Waals surface area contributed by atoms with Crippen LogP contribution in [0.25, 0.3) is 0 Å². The van der Waals surface area contributed by atoms with Gasteiger partial charge in [-0.05, 0) is 49.8 Å². The van der Waals surface area contributed by atoms with Crippen molar-refractivity contribution in [2.75, 3.05) is 45.7 Å². The molecule has 0 spiro atoms. The number of likely N-dealkylation sites (N-methyl/N-ethyl adjacent to an activating group) is 1. The number of carbonyl (C=O) groups excluding carboxylic acids is 2. The minimum Gasteiger partial charge on any atom is -0.491 e. The van der Waals surface area contributed by atoms with Crippen LogP contribution >= 0.6 is 0 Å². The molecule has 1 fully saturated rings. The standard InChI is InChI=1S/C29H39N3O4/c1-20-17-32(15-14-22-8-6-5-7-9-22)21(2)19-36-26-16-24(30-28(33)23-10-11-23)12-13-25(26)29(34)31(3)18-27(20)35-4/h5-9,12-13,16,20-21,23,27H,10-11,14-15,17-19H2,1-4H3,(H,30,33)/t20-,21-,27-/m0/s1. The molecule has 7 nitrogen and oxygen atoms in total. The Balaban J connectivity index is 1.58. The van der Waals surface area contributed by atoms with E-state index in [4.69, 9.17) is 9.47 Å². The summed E-state index contributed by atoms with van der Waals surface area (Å²) in [6.07, 6.45) is 2.73. The van der Waals surface area contributed by atoms with Crippen LogP contribution in [0.1, 0.15) is 42.6 Å². The normalized spacial score (nSPS) is 23.7. The second-order valence-corrected chi connectivity index (χ2v) is 10.3. The molecule has 36 heavy (non-hydrogen) atoms. The maximum Gasteiger partial charge on any atom is 0.257 e. The number of nitrogens with zero attached hydrogens (tertiary/aromatic N) is 2. The Labute approximate surface area is 214 Å². The second-order valence-electron chi connectivity index (χ2n) is 10.3. The average Bonchev–Trinajstić information content (AvgIpc) is 3.73. The molecule has 3 atom stereocenters. The number of carbonyl (C=O) groups is 2. The molecule has 1 N–H and O–H groups in total. The van der Waals surface area contributed by atoms with Crippen molar-refractivity contribution in [3.63, 3.8) is 0 Å². The Morgan fingerprint density at radius 3 is 2.56 bits per heavy atom. The van der Waals surface area contributed by atoms with Gasteiger partial charge in [-0.3, -0.25) is 14.5 Å². The summed E-state index contributed by atoms with van der Waals surface area (Å²) in [5.74, 6) is 0.739. The van der Waals surface area contributed by atoms with E-state index in [1.54, 1.807) is 37.3 Å². The van der Waals surface area contributed by atoms with Gasteiger partial charge in [-0.25, -0.2) is 0 Å². The molecule has 1 aliphatic carbocycles. The lowest BCUT2D eigenvalue weighted by atomic mass is 10.0. The third-order valence-corrected chi connectivity index (χ3v) is 7.32. The summed E-state index contributed by atoms with van der Waals surface area (Å²) in [6.45, 7) is 7.00. The van der Waals surface area contributed by atoms with E-state index in [0.717, 1.165) is 32.4 Å². The topological polar surface area (TPSA) is 71.1 Å². The maximum atomic E-state index is 13.4. The van der Waals surface area contributed by atoms with Crippen LogP contribution in [0.3, 0.4) is 0 Å². The molecule has 7 heteroatoms. The van der Waals surface area contributed by atoms with Crippen molar-refractivity contribution in [3.05, 3.63) is 59.7 Å². The quantitative estimate of drug-likeness (QED) is 0.657. The van der Waals surface area contributed by atoms with Gasteiger partial charge < -0.3 is 19.7 Å². The van der Waals surface area contributed by atoms with Crippen molar-refractivity contribution in [2.24, 2.45) is 11.8 Å². The van der Waals surface area contributed by atoms with E-state index in [-0.39, 0.29) is 35.8 Å². The van der Waals surface area contributed by atoms with Gasteiger partial charge in [-0.1, -0.05) is 37.3 Å². The Morgan fingerprint density at radius 2 is 1.86 bits per heavy atom. The lowest BCUT2D eigenvalue weighted by Gasteiger charge is -2.36. The van der Waals surface area contributed by atoms with Crippen molar-refractivity contribution >= 4 is 17.5 Å². The van der Waals surface area contributed by atoms with E-state index in [9.17, 15) is 9.59 Å². The fraction of sp³-hybridized carbons (Fsp3) is 0.517. The fourth-order valence-corrected chi connectivity index (χ4v) is 4.74. The number of hydrogen-bond acceptors (Lipinski definition) is 5. The monoisotopic (exact) mass is 493 g/mol. The molecule has 0 aromatic heterocycles. The van der Waals surface area contributed by atoms with Crippen LogP contribution in [-0.2, 0) is 16.0 Å². The first-order valence-electron chi connectivity index (χ1n) is 13.0. The molecule has 0 unspecified atom stereocenters. The molecule has 1 heterocycles. The fourth-order valence-electron chi connectivity index (χ4n) is 4.74. The van der Waals surface area contributed by atoms with Crippen LogP contribution < -0.4 is 10.1 Å². The van der Waals surface area contributed by atoms with Crippen LogP contribution in [-0.4, -0.2) is 74.2 Å². The third kappa shape index (κ3) is 6.65. The lowest BCUT2D eigenvalue weighted by molar-refractivity contribution is -0.117. The van der Waals surface area contributed by atoms with Gasteiger partial charge >= 0.3 is 0 Å². The molecule has 0 saturated heterocycles. The highest BCUT2D eigenvalue weighted by atomic mass is 16.5. The van der Waals surface area contributed by atoms with Gasteiger partial charge in [0, 0.05) is 57.5 Å². The molecule has 1 saturated carbocycles. The predicted molar refractivity (Wildman–Crippen MR) is 141 cm³/mol. The summed E-state index contributed by atoms with van der Waals surface area (Å²) in [5.41, 5.74) is 2.46. The van der Waals surface area contributed by atoms with Crippen molar-refractivity contribution < 1.29 is 19.1 Å². The summed E-state index contributed by atoms with van der Waals surface area (Å²) in [6, 6.07) is 16.0. The molecule has 194 valence electrons. The van der Waals surface area contributed by atoms with Crippen LogP contribution in [0.15, 0.2) is 48.5 Å². The highest BCUT2D eigenvalue weighted by Crippen LogP contribution is 2.32. The zero-order valence-electron chi connectivity index (χ0n) is 21.9. The number of fused-ring (bicyclic) bond motifs is 1. The molecular formula is C29H39N3O4. The van der Waals surface area contributed by atoms with Crippen molar-refractivity contribution in [1.29, 1.82) is 0 Å². The van der Waals surface area contributed by atoms with Crippen LogP contribution in [0.4, 0.5) is 5.69 Å². The van der Waals surface area contributed by atoms with E-state index in [1.165, 1.54) is 5.56 Å². The minimum absolute atomic E-state index is 0.0314. The summed E-state index contributed by atoms with van der Waals surface area (Å²) in [5, 5.41) is 2.97. The van der Waals surface area contributed by atoms with E-state index in [2.05, 4.69) is 48.3 Å². The SMILES string of the molecule is CO[C@H]1CN(C)C(=O)c2ccc(NC(=O)C3CC3)cc2OC[C@H](C)N(CCc2ccccc2)C[C@@H]1C. The van der Waals surface area contributed by atoms with Crippen LogP contribution in [0.5, 0.6) is 5.75 Å². The number of rotatable bonds is 6. The number of amides is 2. The van der Waals surface area contributed by atoms with Crippen molar-refractivity contribution in [2.45, 2.75) is 45.3 Å². The Kier molecular flexibility index (Phi) is 8.64. The number of benzene rings is 2. The zero-order chi connectivity index (χ0) is 25.7. The van der Waals surface area contributed by atoms with Gasteiger partial charge in [0.05, 0.1) is 11.7 Å². The highest BCUT2D eigenvalue weighted by molar-refractivity contribution is 5.99. The van der Waals surface area contributed by atoms with E-state index < -0.39 is 0 Å². The number of hydrogen-bond donors (Lipinski definition) is 1. The summed E-state index contributed by atoms with van der Waals surface area (Å²) in [4.78, 5) is 29.8. The molecule has 2 aliphatic rings. The molecule has 2 amide bonds. The largest absolute Gasteiger partial charge is 0.491 e. The van der Waals surface area contributed by atoms with E-state index >= 15 is 0 Å². The van der Waals surface area contributed by atoms with Gasteiger partial charge in [-0.2, -0.15) is 0 Å². The van der Waals surface area contributed by atoms with Gasteiger partial charge in [-0.15, -0.1) is 0 Å². The van der Waals surface area contributed by atoms with Gasteiger partial charge in [0.2, 0.25) is 5.91 Å². The molecule has 4 rings (SSSR count). The highest BCUT2D eigenvalue weighted by Gasteiger charge is 2.31. The van der Waals surface area contributed by atoms with Gasteiger partial charge in [0.25, 0.3) is 5.91 Å². The molecule has 0 radical (unpaired) electrons. The summed E-state index contributed by atoms with van der Waals surface area (Å²) in [7, 11) is 3.52. The lowest BCUT2D eigenvalue weighted by Crippen LogP contribution is -2.47.